The predicted molar refractivity (Wildman–Crippen MR) is 124 cm³/mol. The fraction of sp³-hybridized carbons (Fsp3) is 0.250. The molecule has 10 heteroatoms. The number of carbonyl (C=O) groups excluding carboxylic acids is 1. The van der Waals surface area contributed by atoms with Crippen LogP contribution in [-0.4, -0.2) is 67.3 Å². The van der Waals surface area contributed by atoms with Gasteiger partial charge in [-0.15, -0.1) is 0 Å². The first-order chi connectivity index (χ1) is 16.4. The molecule has 0 bridgehead atoms. The van der Waals surface area contributed by atoms with Crippen molar-refractivity contribution in [3.8, 4) is 16.9 Å². The second kappa shape index (κ2) is 9.13. The first kappa shape index (κ1) is 22.5. The third-order valence-corrected chi connectivity index (χ3v) is 7.93. The highest BCUT2D eigenvalue weighted by molar-refractivity contribution is 7.89. The van der Waals surface area contributed by atoms with E-state index in [4.69, 9.17) is 4.74 Å². The highest BCUT2D eigenvalue weighted by Gasteiger charge is 2.36. The third kappa shape index (κ3) is 4.39. The van der Waals surface area contributed by atoms with Crippen LogP contribution in [0, 0.1) is 5.95 Å². The molecular formula is C24H23FN4O4S. The normalized spacial score (nSPS) is 19.6. The summed E-state index contributed by atoms with van der Waals surface area (Å²) < 4.78 is 47.8. The Morgan fingerprint density at radius 2 is 1.88 bits per heavy atom. The molecule has 0 aliphatic carbocycles. The van der Waals surface area contributed by atoms with Gasteiger partial charge in [-0.2, -0.15) is 8.70 Å². The van der Waals surface area contributed by atoms with E-state index in [1.54, 1.807) is 60.7 Å². The van der Waals surface area contributed by atoms with Crippen LogP contribution in [0.25, 0.3) is 11.1 Å². The second-order valence-electron chi connectivity index (χ2n) is 8.21. The quantitative estimate of drug-likeness (QED) is 0.577. The number of ether oxygens (including phenoxy) is 1. The van der Waals surface area contributed by atoms with Crippen LogP contribution in [0.2, 0.25) is 0 Å². The number of pyridine rings is 1. The Balaban J connectivity index is 1.39. The zero-order chi connectivity index (χ0) is 23.7. The van der Waals surface area contributed by atoms with Gasteiger partial charge < -0.3 is 10.1 Å². The number of anilines is 1. The Kier molecular flexibility index (Phi) is 6.03. The summed E-state index contributed by atoms with van der Waals surface area (Å²) in [6, 6.07) is 16.3. The first-order valence-corrected chi connectivity index (χ1v) is 12.3. The van der Waals surface area contributed by atoms with E-state index in [-0.39, 0.29) is 43.1 Å². The number of rotatable bonds is 3. The highest BCUT2D eigenvalue weighted by Crippen LogP contribution is 2.33. The van der Waals surface area contributed by atoms with Gasteiger partial charge in [0, 0.05) is 31.4 Å². The van der Waals surface area contributed by atoms with E-state index in [1.807, 2.05) is 4.90 Å². The number of nitrogens with one attached hydrogen (secondary N) is 1. The van der Waals surface area contributed by atoms with Crippen molar-refractivity contribution < 1.29 is 22.3 Å². The average molecular weight is 483 g/mol. The van der Waals surface area contributed by atoms with Crippen molar-refractivity contribution in [2.45, 2.75) is 10.9 Å². The number of amides is 1. The Bertz CT molecular complexity index is 1320. The fourth-order valence-corrected chi connectivity index (χ4v) is 5.76. The summed E-state index contributed by atoms with van der Waals surface area (Å²) in [5.41, 5.74) is 1.31. The van der Waals surface area contributed by atoms with Crippen LogP contribution >= 0.6 is 0 Å². The smallest absolute Gasteiger partial charge is 0.243 e. The number of sulfonamides is 1. The number of piperazine rings is 1. The summed E-state index contributed by atoms with van der Waals surface area (Å²) in [5, 5.41) is 2.85. The summed E-state index contributed by atoms with van der Waals surface area (Å²) in [6.45, 7) is 1.18. The SMILES string of the molecule is O=C1CN2CCN(S(=O)(=O)c3ccccc3)C[C@@H]2COc2ccc(-c3cccnc3F)cc2N1. The highest BCUT2D eigenvalue weighted by atomic mass is 32.2. The minimum atomic E-state index is -3.65. The van der Waals surface area contributed by atoms with Crippen molar-refractivity contribution in [1.29, 1.82) is 0 Å². The molecule has 1 saturated heterocycles. The Morgan fingerprint density at radius 3 is 2.68 bits per heavy atom. The van der Waals surface area contributed by atoms with Gasteiger partial charge in [-0.1, -0.05) is 24.3 Å². The maximum absolute atomic E-state index is 14.2. The number of halogens is 1. The lowest BCUT2D eigenvalue weighted by Gasteiger charge is -2.39. The molecule has 3 aromatic rings. The Labute approximate surface area is 197 Å². The lowest BCUT2D eigenvalue weighted by Crippen LogP contribution is -2.57. The Hall–Kier alpha value is -3.34. The van der Waals surface area contributed by atoms with Crippen LogP contribution in [-0.2, 0) is 14.8 Å². The molecule has 1 aromatic heterocycles. The number of carbonyl (C=O) groups is 1. The molecule has 2 aliphatic rings. The van der Waals surface area contributed by atoms with Gasteiger partial charge in [0.05, 0.1) is 23.2 Å². The molecule has 0 unspecified atom stereocenters. The molecule has 1 atom stereocenters. The maximum atomic E-state index is 14.2. The number of hydrogen-bond acceptors (Lipinski definition) is 6. The number of hydrogen-bond donors (Lipinski definition) is 1. The van der Waals surface area contributed by atoms with Crippen molar-refractivity contribution in [2.24, 2.45) is 0 Å². The molecule has 0 saturated carbocycles. The van der Waals surface area contributed by atoms with Crippen LogP contribution < -0.4 is 10.1 Å². The molecular weight excluding hydrogens is 459 g/mol. The zero-order valence-electron chi connectivity index (χ0n) is 18.2. The summed E-state index contributed by atoms with van der Waals surface area (Å²) in [4.78, 5) is 18.6. The molecule has 176 valence electrons. The van der Waals surface area contributed by atoms with Crippen molar-refractivity contribution in [3.63, 3.8) is 0 Å². The van der Waals surface area contributed by atoms with Crippen LogP contribution in [0.15, 0.2) is 71.8 Å². The standard InChI is InChI=1S/C24H23FN4O4S/c25-24-20(7-4-10-26-24)17-8-9-22-21(13-17)27-23(30)15-28-11-12-29(14-18(28)16-33-22)34(31,32)19-5-2-1-3-6-19/h1-10,13,18H,11-12,14-16H2,(H,27,30)/t18-/m1/s1. The number of benzene rings is 2. The zero-order valence-corrected chi connectivity index (χ0v) is 19.0. The molecule has 2 aromatic carbocycles. The van der Waals surface area contributed by atoms with Gasteiger partial charge >= 0.3 is 0 Å². The number of fused-ring (bicyclic) bond motifs is 2. The lowest BCUT2D eigenvalue weighted by atomic mass is 10.1. The van der Waals surface area contributed by atoms with E-state index in [1.165, 1.54) is 10.5 Å². The van der Waals surface area contributed by atoms with E-state index in [2.05, 4.69) is 10.3 Å². The molecule has 34 heavy (non-hydrogen) atoms. The molecule has 5 rings (SSSR count). The molecule has 1 amide bonds. The Morgan fingerprint density at radius 1 is 1.06 bits per heavy atom. The van der Waals surface area contributed by atoms with Crippen molar-refractivity contribution >= 4 is 21.6 Å². The largest absolute Gasteiger partial charge is 0.490 e. The summed E-state index contributed by atoms with van der Waals surface area (Å²) in [5.74, 6) is -0.416. The van der Waals surface area contributed by atoms with Crippen molar-refractivity contribution in [2.75, 3.05) is 38.1 Å². The second-order valence-corrected chi connectivity index (χ2v) is 10.2. The minimum absolute atomic E-state index is 0.0954. The molecule has 1 fully saturated rings. The van der Waals surface area contributed by atoms with Crippen molar-refractivity contribution in [3.05, 3.63) is 72.8 Å². The molecule has 3 heterocycles. The van der Waals surface area contributed by atoms with Gasteiger partial charge in [0.25, 0.3) is 0 Å². The van der Waals surface area contributed by atoms with Gasteiger partial charge in [-0.3, -0.25) is 9.69 Å². The summed E-state index contributed by atoms with van der Waals surface area (Å²) in [7, 11) is -3.65. The summed E-state index contributed by atoms with van der Waals surface area (Å²) in [6.07, 6.45) is 1.37. The first-order valence-electron chi connectivity index (χ1n) is 10.9. The fourth-order valence-electron chi connectivity index (χ4n) is 4.27. The van der Waals surface area contributed by atoms with Crippen LogP contribution in [0.5, 0.6) is 5.75 Å². The molecule has 0 spiro atoms. The van der Waals surface area contributed by atoms with Gasteiger partial charge in [-0.05, 0) is 42.0 Å². The van der Waals surface area contributed by atoms with E-state index in [9.17, 15) is 17.6 Å². The maximum Gasteiger partial charge on any atom is 0.243 e. The van der Waals surface area contributed by atoms with Crippen LogP contribution in [0.3, 0.4) is 0 Å². The third-order valence-electron chi connectivity index (χ3n) is 6.05. The summed E-state index contributed by atoms with van der Waals surface area (Å²) >= 11 is 0. The molecule has 1 N–H and O–H groups in total. The van der Waals surface area contributed by atoms with E-state index >= 15 is 0 Å². The number of nitrogens with zero attached hydrogens (tertiary/aromatic N) is 3. The van der Waals surface area contributed by atoms with E-state index in [0.29, 0.717) is 29.1 Å². The topological polar surface area (TPSA) is 91.8 Å². The average Bonchev–Trinajstić information content (AvgIpc) is 2.91. The van der Waals surface area contributed by atoms with Gasteiger partial charge in [-0.25, -0.2) is 13.4 Å². The van der Waals surface area contributed by atoms with Crippen molar-refractivity contribution in [1.82, 2.24) is 14.2 Å². The van der Waals surface area contributed by atoms with Gasteiger partial charge in [0.1, 0.15) is 12.4 Å². The number of aromatic nitrogens is 1. The van der Waals surface area contributed by atoms with Gasteiger partial charge in [0.2, 0.25) is 21.9 Å². The molecule has 8 nitrogen and oxygen atoms in total. The minimum Gasteiger partial charge on any atom is -0.490 e. The van der Waals surface area contributed by atoms with Crippen LogP contribution in [0.1, 0.15) is 0 Å². The molecule has 0 radical (unpaired) electrons. The van der Waals surface area contributed by atoms with Crippen LogP contribution in [0.4, 0.5) is 10.1 Å². The van der Waals surface area contributed by atoms with E-state index < -0.39 is 16.0 Å². The monoisotopic (exact) mass is 482 g/mol. The van der Waals surface area contributed by atoms with E-state index in [0.717, 1.165) is 0 Å². The van der Waals surface area contributed by atoms with Gasteiger partial charge in [0.15, 0.2) is 0 Å². The molecule has 2 aliphatic heterocycles. The predicted octanol–water partition coefficient (Wildman–Crippen LogP) is 2.59. The lowest BCUT2D eigenvalue weighted by molar-refractivity contribution is -0.118.